The molecule has 0 N–H and O–H groups in total. The number of carbonyl (C=O) groups is 1. The molecule has 0 saturated carbocycles. The largest absolute Gasteiger partial charge is 0.373 e. The molecule has 70 valence electrons. The maximum absolute atomic E-state index is 11.4. The van der Waals surface area contributed by atoms with Gasteiger partial charge < -0.3 is 4.74 Å². The molecule has 0 aromatic carbocycles. The first kappa shape index (κ1) is 11.4. The van der Waals surface area contributed by atoms with Crippen molar-refractivity contribution in [2.24, 2.45) is 5.92 Å². The van der Waals surface area contributed by atoms with Crippen LogP contribution in [-0.2, 0) is 9.53 Å². The molecule has 0 aromatic rings. The Morgan fingerprint density at radius 3 is 2.50 bits per heavy atom. The fourth-order valence-corrected chi connectivity index (χ4v) is 1.16. The molecular formula is C10H18O2. The molecule has 1 atom stereocenters. The SMILES string of the molecule is C=CCCC(=O)C(OC)C(C)C. The molecule has 0 amide bonds. The molecule has 1 unspecified atom stereocenters. The van der Waals surface area contributed by atoms with Crippen LogP contribution in [0.1, 0.15) is 26.7 Å². The average Bonchev–Trinajstić information content (AvgIpc) is 2.01. The second-order valence-electron chi connectivity index (χ2n) is 3.19. The van der Waals surface area contributed by atoms with Gasteiger partial charge in [0.1, 0.15) is 6.10 Å². The van der Waals surface area contributed by atoms with Gasteiger partial charge in [0.05, 0.1) is 0 Å². The maximum atomic E-state index is 11.4. The fourth-order valence-electron chi connectivity index (χ4n) is 1.16. The van der Waals surface area contributed by atoms with Gasteiger partial charge in [-0.15, -0.1) is 6.58 Å². The number of hydrogen-bond acceptors (Lipinski definition) is 2. The lowest BCUT2D eigenvalue weighted by Crippen LogP contribution is -2.28. The molecule has 2 heteroatoms. The highest BCUT2D eigenvalue weighted by atomic mass is 16.5. The van der Waals surface area contributed by atoms with Crippen molar-refractivity contribution < 1.29 is 9.53 Å². The minimum atomic E-state index is -0.245. The lowest BCUT2D eigenvalue weighted by molar-refractivity contribution is -0.131. The van der Waals surface area contributed by atoms with E-state index in [4.69, 9.17) is 4.74 Å². The molecule has 0 saturated heterocycles. The predicted octanol–water partition coefficient (Wildman–Crippen LogP) is 2.19. The summed E-state index contributed by atoms with van der Waals surface area (Å²) >= 11 is 0. The Labute approximate surface area is 74.6 Å². The van der Waals surface area contributed by atoms with Crippen molar-refractivity contribution in [3.05, 3.63) is 12.7 Å². The highest BCUT2D eigenvalue weighted by molar-refractivity contribution is 5.83. The van der Waals surface area contributed by atoms with Gasteiger partial charge in [-0.1, -0.05) is 19.9 Å². The van der Waals surface area contributed by atoms with Crippen molar-refractivity contribution in [3.63, 3.8) is 0 Å². The number of ketones is 1. The first-order chi connectivity index (χ1) is 5.63. The summed E-state index contributed by atoms with van der Waals surface area (Å²) in [4.78, 5) is 11.4. The Bertz CT molecular complexity index is 150. The standard InChI is InChI=1S/C10H18O2/c1-5-6-7-9(11)10(12-4)8(2)3/h5,8,10H,1,6-7H2,2-4H3. The molecule has 0 bridgehead atoms. The van der Waals surface area contributed by atoms with Crippen molar-refractivity contribution in [2.45, 2.75) is 32.8 Å². The molecule has 0 spiro atoms. The number of Topliss-reactive ketones (excluding diaryl/α,β-unsaturated/α-hetero) is 1. The van der Waals surface area contributed by atoms with E-state index in [0.717, 1.165) is 6.42 Å². The summed E-state index contributed by atoms with van der Waals surface area (Å²) in [5, 5.41) is 0. The lowest BCUT2D eigenvalue weighted by atomic mass is 10.00. The van der Waals surface area contributed by atoms with Gasteiger partial charge in [0.2, 0.25) is 0 Å². The number of methoxy groups -OCH3 is 1. The number of carbonyl (C=O) groups excluding carboxylic acids is 1. The summed E-state index contributed by atoms with van der Waals surface area (Å²) < 4.78 is 5.09. The molecule has 0 aliphatic rings. The molecule has 0 aromatic heterocycles. The highest BCUT2D eigenvalue weighted by Crippen LogP contribution is 2.09. The van der Waals surface area contributed by atoms with Crippen LogP contribution in [-0.4, -0.2) is 19.0 Å². The Morgan fingerprint density at radius 2 is 2.17 bits per heavy atom. The lowest BCUT2D eigenvalue weighted by Gasteiger charge is -2.17. The van der Waals surface area contributed by atoms with Crippen molar-refractivity contribution in [2.75, 3.05) is 7.11 Å². The summed E-state index contributed by atoms with van der Waals surface area (Å²) in [6, 6.07) is 0. The predicted molar refractivity (Wildman–Crippen MR) is 50.1 cm³/mol. The average molecular weight is 170 g/mol. The molecule has 12 heavy (non-hydrogen) atoms. The molecule has 0 aliphatic carbocycles. The van der Waals surface area contributed by atoms with E-state index in [1.807, 2.05) is 13.8 Å². The zero-order chi connectivity index (χ0) is 9.56. The van der Waals surface area contributed by atoms with Crippen LogP contribution in [0.3, 0.4) is 0 Å². The monoisotopic (exact) mass is 170 g/mol. The van der Waals surface area contributed by atoms with Crippen LogP contribution >= 0.6 is 0 Å². The Kier molecular flexibility index (Phi) is 5.64. The third-order valence-corrected chi connectivity index (χ3v) is 1.77. The van der Waals surface area contributed by atoms with Gasteiger partial charge in [-0.05, 0) is 12.3 Å². The van der Waals surface area contributed by atoms with E-state index in [2.05, 4.69) is 6.58 Å². The molecule has 0 aliphatic heterocycles. The summed E-state index contributed by atoms with van der Waals surface area (Å²) in [5.74, 6) is 0.430. The molecule has 2 nitrogen and oxygen atoms in total. The molecule has 0 heterocycles. The maximum Gasteiger partial charge on any atom is 0.162 e. The Morgan fingerprint density at radius 1 is 1.58 bits per heavy atom. The minimum Gasteiger partial charge on any atom is -0.373 e. The van der Waals surface area contributed by atoms with Gasteiger partial charge in [-0.3, -0.25) is 4.79 Å². The van der Waals surface area contributed by atoms with Crippen LogP contribution in [0.4, 0.5) is 0 Å². The van der Waals surface area contributed by atoms with E-state index in [1.165, 1.54) is 0 Å². The van der Waals surface area contributed by atoms with Crippen molar-refractivity contribution in [1.82, 2.24) is 0 Å². The quantitative estimate of drug-likeness (QED) is 0.571. The number of ether oxygens (including phenoxy) is 1. The van der Waals surface area contributed by atoms with Crippen LogP contribution in [0.25, 0.3) is 0 Å². The van der Waals surface area contributed by atoms with Gasteiger partial charge in [0, 0.05) is 13.5 Å². The number of allylic oxidation sites excluding steroid dienone is 1. The van der Waals surface area contributed by atoms with Crippen LogP contribution in [0.2, 0.25) is 0 Å². The minimum absolute atomic E-state index is 0.174. The molecule has 0 rings (SSSR count). The zero-order valence-corrected chi connectivity index (χ0v) is 8.17. The Hall–Kier alpha value is -0.630. The van der Waals surface area contributed by atoms with Crippen molar-refractivity contribution >= 4 is 5.78 Å². The topological polar surface area (TPSA) is 26.3 Å². The number of rotatable bonds is 6. The second-order valence-corrected chi connectivity index (χ2v) is 3.19. The van der Waals surface area contributed by atoms with Gasteiger partial charge in [0.25, 0.3) is 0 Å². The van der Waals surface area contributed by atoms with Crippen molar-refractivity contribution in [3.8, 4) is 0 Å². The first-order valence-electron chi connectivity index (χ1n) is 4.29. The summed E-state index contributed by atoms with van der Waals surface area (Å²) in [7, 11) is 1.58. The van der Waals surface area contributed by atoms with E-state index in [0.29, 0.717) is 6.42 Å². The summed E-state index contributed by atoms with van der Waals surface area (Å²) in [6.45, 7) is 7.54. The van der Waals surface area contributed by atoms with Gasteiger partial charge >= 0.3 is 0 Å². The van der Waals surface area contributed by atoms with E-state index in [9.17, 15) is 4.79 Å². The zero-order valence-electron chi connectivity index (χ0n) is 8.17. The van der Waals surface area contributed by atoms with E-state index in [-0.39, 0.29) is 17.8 Å². The van der Waals surface area contributed by atoms with E-state index >= 15 is 0 Å². The van der Waals surface area contributed by atoms with Gasteiger partial charge in [-0.25, -0.2) is 0 Å². The molecular weight excluding hydrogens is 152 g/mol. The van der Waals surface area contributed by atoms with Crippen molar-refractivity contribution in [1.29, 1.82) is 0 Å². The second kappa shape index (κ2) is 5.95. The van der Waals surface area contributed by atoms with Crippen LogP contribution in [0, 0.1) is 5.92 Å². The first-order valence-corrected chi connectivity index (χ1v) is 4.29. The smallest absolute Gasteiger partial charge is 0.162 e. The molecule has 0 radical (unpaired) electrons. The van der Waals surface area contributed by atoms with Crippen LogP contribution in [0.15, 0.2) is 12.7 Å². The summed E-state index contributed by atoms with van der Waals surface area (Å²) in [6.07, 6.45) is 2.79. The normalized spacial score (nSPS) is 13.0. The summed E-state index contributed by atoms with van der Waals surface area (Å²) in [5.41, 5.74) is 0. The van der Waals surface area contributed by atoms with Gasteiger partial charge in [-0.2, -0.15) is 0 Å². The highest BCUT2D eigenvalue weighted by Gasteiger charge is 2.19. The molecule has 0 fully saturated rings. The van der Waals surface area contributed by atoms with E-state index in [1.54, 1.807) is 13.2 Å². The van der Waals surface area contributed by atoms with E-state index < -0.39 is 0 Å². The number of hydrogen-bond donors (Lipinski definition) is 0. The van der Waals surface area contributed by atoms with Crippen LogP contribution in [0.5, 0.6) is 0 Å². The third kappa shape index (κ3) is 3.67. The third-order valence-electron chi connectivity index (χ3n) is 1.77. The van der Waals surface area contributed by atoms with Gasteiger partial charge in [0.15, 0.2) is 5.78 Å². The Balaban J connectivity index is 3.94. The van der Waals surface area contributed by atoms with Crippen LogP contribution < -0.4 is 0 Å². The fraction of sp³-hybridized carbons (Fsp3) is 0.700.